The van der Waals surface area contributed by atoms with E-state index >= 15 is 0 Å². The van der Waals surface area contributed by atoms with E-state index in [9.17, 15) is 14.4 Å². The van der Waals surface area contributed by atoms with Crippen LogP contribution in [0.5, 0.6) is 0 Å². The molecule has 0 aliphatic heterocycles. The van der Waals surface area contributed by atoms with Gasteiger partial charge in [0.1, 0.15) is 13.2 Å². The molecular weight excluding hydrogens is 997 g/mol. The highest BCUT2D eigenvalue weighted by Gasteiger charge is 2.20. The van der Waals surface area contributed by atoms with Crippen LogP contribution >= 0.6 is 0 Å². The highest BCUT2D eigenvalue weighted by molar-refractivity contribution is 5.71. The first kappa shape index (κ1) is 79.4. The van der Waals surface area contributed by atoms with Gasteiger partial charge >= 0.3 is 17.9 Å². The first-order chi connectivity index (χ1) is 40.0. The lowest BCUT2D eigenvalue weighted by Gasteiger charge is -2.18. The molecule has 0 spiro atoms. The van der Waals surface area contributed by atoms with Crippen molar-refractivity contribution in [2.45, 2.75) is 451 Å². The molecule has 0 heterocycles. The van der Waals surface area contributed by atoms with E-state index in [0.29, 0.717) is 19.3 Å². The molecule has 0 N–H and O–H groups in total. The van der Waals surface area contributed by atoms with Gasteiger partial charge in [0.2, 0.25) is 0 Å². The van der Waals surface area contributed by atoms with E-state index in [4.69, 9.17) is 14.2 Å². The summed E-state index contributed by atoms with van der Waals surface area (Å²) in [6, 6.07) is 0. The van der Waals surface area contributed by atoms with Crippen LogP contribution in [0.3, 0.4) is 0 Å². The zero-order chi connectivity index (χ0) is 58.5. The predicted octanol–water partition coefficient (Wildman–Crippen LogP) is 25.8. The highest BCUT2D eigenvalue weighted by Crippen LogP contribution is 2.20. The van der Waals surface area contributed by atoms with Crippen molar-refractivity contribution in [1.29, 1.82) is 0 Å². The number of ether oxygens (including phenoxy) is 3. The Morgan fingerprint density at radius 3 is 0.494 bits per heavy atom. The maximum absolute atomic E-state index is 13.0. The molecule has 1 unspecified atom stereocenters. The summed E-state index contributed by atoms with van der Waals surface area (Å²) in [6.45, 7) is 6.76. The summed E-state index contributed by atoms with van der Waals surface area (Å²) in [5, 5.41) is 0. The molecule has 6 heteroatoms. The molecule has 0 aliphatic carbocycles. The highest BCUT2D eigenvalue weighted by atomic mass is 16.6. The number of rotatable bonds is 71. The minimum Gasteiger partial charge on any atom is -0.462 e. The Morgan fingerprint density at radius 1 is 0.198 bits per heavy atom. The number of unbranched alkanes of at least 4 members (excludes halogenated alkanes) is 60. The van der Waals surface area contributed by atoms with Gasteiger partial charge in [0.15, 0.2) is 6.10 Å². The standard InChI is InChI=1S/C75H146O6/c1-4-7-10-13-16-19-22-25-28-31-33-35-37-39-40-42-44-47-50-53-56-59-62-65-68-74(77)80-71-72(70-79-73(76)67-64-61-58-55-52-49-46-30-27-24-21-18-15-12-9-6-3)81-75(78)69-66-63-60-57-54-51-48-45-43-41-38-36-34-32-29-26-23-20-17-14-11-8-5-2/h72H,4-71H2,1-3H3. The van der Waals surface area contributed by atoms with E-state index in [-0.39, 0.29) is 31.1 Å². The van der Waals surface area contributed by atoms with E-state index in [2.05, 4.69) is 20.8 Å². The van der Waals surface area contributed by atoms with E-state index in [1.165, 1.54) is 347 Å². The van der Waals surface area contributed by atoms with Gasteiger partial charge < -0.3 is 14.2 Å². The van der Waals surface area contributed by atoms with E-state index in [1.807, 2.05) is 0 Å². The summed E-state index contributed by atoms with van der Waals surface area (Å²) in [5.74, 6) is -0.814. The van der Waals surface area contributed by atoms with Crippen LogP contribution < -0.4 is 0 Å². The molecule has 0 aromatic rings. The summed E-state index contributed by atoms with van der Waals surface area (Å²) in [4.78, 5) is 38.5. The van der Waals surface area contributed by atoms with Gasteiger partial charge in [-0.3, -0.25) is 14.4 Å². The fourth-order valence-electron chi connectivity index (χ4n) is 12.0. The topological polar surface area (TPSA) is 78.9 Å². The predicted molar refractivity (Wildman–Crippen MR) is 354 cm³/mol. The van der Waals surface area contributed by atoms with Crippen molar-refractivity contribution in [3.8, 4) is 0 Å². The Balaban J connectivity index is 4.22. The van der Waals surface area contributed by atoms with Gasteiger partial charge in [-0.25, -0.2) is 0 Å². The zero-order valence-corrected chi connectivity index (χ0v) is 55.6. The van der Waals surface area contributed by atoms with Crippen LogP contribution in [-0.2, 0) is 28.6 Å². The van der Waals surface area contributed by atoms with Crippen molar-refractivity contribution in [2.24, 2.45) is 0 Å². The summed E-state index contributed by atoms with van der Waals surface area (Å²) in [6.07, 6.45) is 84.3. The normalized spacial score (nSPS) is 11.9. The number of hydrogen-bond acceptors (Lipinski definition) is 6. The van der Waals surface area contributed by atoms with Crippen molar-refractivity contribution in [1.82, 2.24) is 0 Å². The number of carbonyl (C=O) groups is 3. The molecule has 0 saturated heterocycles. The second kappa shape index (κ2) is 70.9. The van der Waals surface area contributed by atoms with Crippen LogP contribution in [0.1, 0.15) is 445 Å². The molecule has 1 atom stereocenters. The molecule has 6 nitrogen and oxygen atoms in total. The Labute approximate surface area is 508 Å². The zero-order valence-electron chi connectivity index (χ0n) is 55.6. The first-order valence-electron chi connectivity index (χ1n) is 37.5. The maximum Gasteiger partial charge on any atom is 0.306 e. The minimum absolute atomic E-state index is 0.0598. The van der Waals surface area contributed by atoms with Crippen molar-refractivity contribution in [3.05, 3.63) is 0 Å². The molecule has 0 aliphatic rings. The summed E-state index contributed by atoms with van der Waals surface area (Å²) in [5.41, 5.74) is 0. The largest absolute Gasteiger partial charge is 0.462 e. The lowest BCUT2D eigenvalue weighted by atomic mass is 10.0. The number of esters is 3. The Morgan fingerprint density at radius 2 is 0.333 bits per heavy atom. The van der Waals surface area contributed by atoms with Gasteiger partial charge in [0, 0.05) is 19.3 Å². The van der Waals surface area contributed by atoms with E-state index in [0.717, 1.165) is 57.8 Å². The SMILES string of the molecule is CCCCCCCCCCCCCCCCCCCCCCCCCCC(=O)OCC(COC(=O)CCCCCCCCCCCCCCCCCC)OC(=O)CCCCCCCCCCCCCCCCCCCCCCCCC. The molecule has 0 aromatic heterocycles. The third kappa shape index (κ3) is 69.1. The van der Waals surface area contributed by atoms with Crippen LogP contribution in [0, 0.1) is 0 Å². The lowest BCUT2D eigenvalue weighted by molar-refractivity contribution is -0.167. The second-order valence-corrected chi connectivity index (χ2v) is 25.9. The molecule has 0 aromatic carbocycles. The fraction of sp³-hybridized carbons (Fsp3) is 0.960. The fourth-order valence-corrected chi connectivity index (χ4v) is 12.0. The Kier molecular flexibility index (Phi) is 69.5. The second-order valence-electron chi connectivity index (χ2n) is 25.9. The molecule has 0 radical (unpaired) electrons. The molecule has 0 rings (SSSR count). The van der Waals surface area contributed by atoms with Crippen molar-refractivity contribution < 1.29 is 28.6 Å². The first-order valence-corrected chi connectivity index (χ1v) is 37.5. The van der Waals surface area contributed by atoms with Gasteiger partial charge in [0.05, 0.1) is 0 Å². The molecule has 0 bridgehead atoms. The third-order valence-electron chi connectivity index (χ3n) is 17.6. The summed E-state index contributed by atoms with van der Waals surface area (Å²) >= 11 is 0. The monoisotopic (exact) mass is 1140 g/mol. The smallest absolute Gasteiger partial charge is 0.306 e. The van der Waals surface area contributed by atoms with Gasteiger partial charge in [-0.2, -0.15) is 0 Å². The minimum atomic E-state index is -0.764. The van der Waals surface area contributed by atoms with E-state index < -0.39 is 6.10 Å². The van der Waals surface area contributed by atoms with Gasteiger partial charge in [-0.05, 0) is 19.3 Å². The van der Waals surface area contributed by atoms with E-state index in [1.54, 1.807) is 0 Å². The Bertz CT molecular complexity index is 1220. The van der Waals surface area contributed by atoms with Crippen molar-refractivity contribution in [2.75, 3.05) is 13.2 Å². The summed E-state index contributed by atoms with van der Waals surface area (Å²) in [7, 11) is 0. The van der Waals surface area contributed by atoms with Gasteiger partial charge in [-0.1, -0.05) is 406 Å². The van der Waals surface area contributed by atoms with Crippen LogP contribution in [0.2, 0.25) is 0 Å². The van der Waals surface area contributed by atoms with Crippen LogP contribution in [-0.4, -0.2) is 37.2 Å². The Hall–Kier alpha value is -1.59. The maximum atomic E-state index is 13.0. The quantitative estimate of drug-likeness (QED) is 0.0343. The summed E-state index contributed by atoms with van der Waals surface area (Å²) < 4.78 is 17.1. The van der Waals surface area contributed by atoms with Crippen molar-refractivity contribution in [3.63, 3.8) is 0 Å². The van der Waals surface area contributed by atoms with Crippen LogP contribution in [0.4, 0.5) is 0 Å². The lowest BCUT2D eigenvalue weighted by Crippen LogP contribution is -2.30. The van der Waals surface area contributed by atoms with Gasteiger partial charge in [-0.15, -0.1) is 0 Å². The number of hydrogen-bond donors (Lipinski definition) is 0. The van der Waals surface area contributed by atoms with Crippen molar-refractivity contribution >= 4 is 17.9 Å². The molecule has 0 fully saturated rings. The molecule has 482 valence electrons. The average molecular weight is 1140 g/mol. The number of carbonyl (C=O) groups excluding carboxylic acids is 3. The van der Waals surface area contributed by atoms with Crippen LogP contribution in [0.25, 0.3) is 0 Å². The third-order valence-corrected chi connectivity index (χ3v) is 17.6. The average Bonchev–Trinajstić information content (AvgIpc) is 3.47. The van der Waals surface area contributed by atoms with Crippen LogP contribution in [0.15, 0.2) is 0 Å². The molecule has 0 saturated carbocycles. The molecular formula is C75H146O6. The molecule has 81 heavy (non-hydrogen) atoms. The molecule has 0 amide bonds. The van der Waals surface area contributed by atoms with Gasteiger partial charge in [0.25, 0.3) is 0 Å².